The lowest BCUT2D eigenvalue weighted by molar-refractivity contribution is 0.225. The highest BCUT2D eigenvalue weighted by Gasteiger charge is 1.80. The second kappa shape index (κ2) is 17.5. The summed E-state index contributed by atoms with van der Waals surface area (Å²) in [6.45, 7) is -0.287. The topological polar surface area (TPSA) is 223 Å². The maximum absolute atomic E-state index is 9.63. The Kier molecular flexibility index (Phi) is 28.5. The number of urea groups is 2. The minimum Gasteiger partial charge on any atom is -0.412 e. The molecule has 14 N–H and O–H groups in total. The van der Waals surface area contributed by atoms with E-state index in [4.69, 9.17) is 10.8 Å². The third-order valence-corrected chi connectivity index (χ3v) is 0.530. The smallest absolute Gasteiger partial charge is 0.313 e. The van der Waals surface area contributed by atoms with Crippen molar-refractivity contribution in [1.82, 2.24) is 16.8 Å². The fourth-order valence-electron chi connectivity index (χ4n) is 0.179. The number of nitrogens with one attached hydrogen (secondary N) is 2. The number of nitrogens with two attached hydrogens (primary N) is 3. The van der Waals surface area contributed by atoms with Crippen LogP contribution in [0.4, 0.5) is 9.59 Å². The summed E-state index contributed by atoms with van der Waals surface area (Å²) in [5.74, 6) is 0. The molecule has 0 aliphatic rings. The highest BCUT2D eigenvalue weighted by atomic mass is 16.3. The summed E-state index contributed by atoms with van der Waals surface area (Å²) in [5.41, 5.74) is 13.9. The van der Waals surface area contributed by atoms with E-state index in [-0.39, 0.29) is 18.3 Å². The highest BCUT2D eigenvalue weighted by molar-refractivity contribution is 5.71. The molecule has 0 spiro atoms. The summed E-state index contributed by atoms with van der Waals surface area (Å²) in [7, 11) is 0. The molecule has 0 bridgehead atoms. The zero-order chi connectivity index (χ0) is 9.98. The Morgan fingerprint density at radius 2 is 1.50 bits per heavy atom. The van der Waals surface area contributed by atoms with E-state index in [2.05, 4.69) is 16.8 Å². The van der Waals surface area contributed by atoms with Crippen molar-refractivity contribution in [3.8, 4) is 0 Å². The van der Waals surface area contributed by atoms with Gasteiger partial charge in [-0.05, 0) is 0 Å². The lowest BCUT2D eigenvalue weighted by Gasteiger charge is -1.89. The molecule has 4 amide bonds. The quantitative estimate of drug-likeness (QED) is 0.232. The minimum absolute atomic E-state index is 0. The maximum atomic E-state index is 9.63. The van der Waals surface area contributed by atoms with Gasteiger partial charge < -0.3 is 44.6 Å². The van der Waals surface area contributed by atoms with Crippen molar-refractivity contribution in [1.29, 1.82) is 0 Å². The summed E-state index contributed by atoms with van der Waals surface area (Å²) in [6, 6.07) is -1.30. The number of hydrogen-bond donors (Lipinski definition) is 7. The van der Waals surface area contributed by atoms with E-state index in [1.165, 1.54) is 0 Å². The molecule has 0 aromatic carbocycles. The number of aliphatic hydroxyl groups excluding tert-OH is 1. The molecule has 10 heteroatoms. The van der Waals surface area contributed by atoms with Gasteiger partial charge in [-0.3, -0.25) is 0 Å². The fraction of sp³-hybridized carbons (Fsp3) is 0.500. The Hall–Kier alpha value is -1.62. The average Bonchev–Trinajstić information content (AvgIpc) is 1.87. The van der Waals surface area contributed by atoms with Gasteiger partial charge in [0.15, 0.2) is 0 Å². The summed E-state index contributed by atoms with van der Waals surface area (Å²) in [4.78, 5) is 19.2. The Bertz CT molecular complexity index is 126. The fourth-order valence-corrected chi connectivity index (χ4v) is 0.179. The van der Waals surface area contributed by atoms with Gasteiger partial charge in [-0.2, -0.15) is 0 Å². The molecule has 88 valence electrons. The van der Waals surface area contributed by atoms with E-state index in [0.717, 1.165) is 0 Å². The van der Waals surface area contributed by atoms with Crippen LogP contribution >= 0.6 is 0 Å². The number of primary amides is 2. The molecule has 10 nitrogen and oxygen atoms in total. The van der Waals surface area contributed by atoms with E-state index in [1.807, 2.05) is 5.32 Å². The monoisotopic (exact) mass is 214 g/mol. The van der Waals surface area contributed by atoms with Gasteiger partial charge in [0.2, 0.25) is 0 Å². The predicted octanol–water partition coefficient (Wildman–Crippen LogP) is -3.49. The summed E-state index contributed by atoms with van der Waals surface area (Å²) < 4.78 is 0. The van der Waals surface area contributed by atoms with E-state index >= 15 is 0 Å². The van der Waals surface area contributed by atoms with E-state index in [9.17, 15) is 9.59 Å². The van der Waals surface area contributed by atoms with Gasteiger partial charge in [0.05, 0.1) is 6.67 Å². The third-order valence-electron chi connectivity index (χ3n) is 0.530. The second-order valence-electron chi connectivity index (χ2n) is 1.44. The van der Waals surface area contributed by atoms with Crippen LogP contribution < -0.4 is 34.0 Å². The molecule has 14 heavy (non-hydrogen) atoms. The number of carbonyl (C=O) groups excluding carboxylic acids is 2. The lowest BCUT2D eigenvalue weighted by Crippen LogP contribution is -2.33. The van der Waals surface area contributed by atoms with Crippen LogP contribution in [0, 0.1) is 0 Å². The molecule has 0 saturated carbocycles. The highest BCUT2D eigenvalue weighted by Crippen LogP contribution is 1.46. The lowest BCUT2D eigenvalue weighted by atomic mass is 11.0. The zero-order valence-corrected chi connectivity index (χ0v) is 7.62. The first-order valence-electron chi connectivity index (χ1n) is 2.92. The van der Waals surface area contributed by atoms with Gasteiger partial charge in [0.25, 0.3) is 0 Å². The van der Waals surface area contributed by atoms with Crippen molar-refractivity contribution in [2.75, 3.05) is 13.4 Å². The Labute approximate surface area is 80.7 Å². The summed E-state index contributed by atoms with van der Waals surface area (Å²) in [6.07, 6.45) is 0. The normalized spacial score (nSPS) is 6.43. The zero-order valence-electron chi connectivity index (χ0n) is 7.62. The summed E-state index contributed by atoms with van der Waals surface area (Å²) >= 11 is 0. The van der Waals surface area contributed by atoms with Gasteiger partial charge in [-0.1, -0.05) is 0 Å². The number of aliphatic hydroxyl groups is 1. The van der Waals surface area contributed by atoms with Gasteiger partial charge in [0, 0.05) is 0 Å². The van der Waals surface area contributed by atoms with Gasteiger partial charge in [-0.15, -0.1) is 0 Å². The van der Waals surface area contributed by atoms with Crippen LogP contribution in [0.5, 0.6) is 0 Å². The number of amides is 4. The van der Waals surface area contributed by atoms with E-state index in [0.29, 0.717) is 0 Å². The third kappa shape index (κ3) is 47.6. The summed E-state index contributed by atoms with van der Waals surface area (Å²) in [5, 5.41) is 11.9. The van der Waals surface area contributed by atoms with Crippen LogP contribution in [0.3, 0.4) is 0 Å². The Morgan fingerprint density at radius 1 is 1.14 bits per heavy atom. The van der Waals surface area contributed by atoms with Gasteiger partial charge in [-0.25, -0.2) is 9.59 Å². The molecule has 0 rings (SSSR count). The first-order valence-corrected chi connectivity index (χ1v) is 2.92. The molecule has 0 saturated heterocycles. The largest absolute Gasteiger partial charge is 0.412 e. The molecule has 0 fully saturated rings. The molecule has 0 aromatic rings. The van der Waals surface area contributed by atoms with Crippen molar-refractivity contribution in [3.05, 3.63) is 0 Å². The van der Waals surface area contributed by atoms with Crippen LogP contribution in [-0.4, -0.2) is 36.0 Å². The van der Waals surface area contributed by atoms with Crippen molar-refractivity contribution in [3.63, 3.8) is 0 Å². The maximum Gasteiger partial charge on any atom is 0.313 e. The van der Waals surface area contributed by atoms with Crippen LogP contribution in [0.15, 0.2) is 0 Å². The molecule has 0 aliphatic carbocycles. The standard InChI is InChI=1S/C2H7N3O.C2H6N2O2.H3N.H2O/c3-1-5-2(4)6;3-2(6)4-1-5;;/h1,3H2,(H3,4,5,6);5H,1H2,(H3,3,4,6);1H3;1H2. The number of rotatable bonds is 2. The van der Waals surface area contributed by atoms with Gasteiger partial charge in [0.1, 0.15) is 6.73 Å². The molecule has 0 radical (unpaired) electrons. The molecule has 0 aromatic heterocycles. The van der Waals surface area contributed by atoms with Crippen molar-refractivity contribution >= 4 is 12.1 Å². The molecular weight excluding hydrogens is 196 g/mol. The Balaban J connectivity index is -0.0000000625. The number of carbonyl (C=O) groups is 2. The average molecular weight is 214 g/mol. The SMILES string of the molecule is N.NC(=O)NCO.NCNC(N)=O.O. The number of hydrogen-bond acceptors (Lipinski definition) is 5. The van der Waals surface area contributed by atoms with Gasteiger partial charge >= 0.3 is 12.1 Å². The van der Waals surface area contributed by atoms with Crippen LogP contribution in [0.2, 0.25) is 0 Å². The first kappa shape index (κ1) is 22.8. The van der Waals surface area contributed by atoms with Crippen LogP contribution in [0.25, 0.3) is 0 Å². The Morgan fingerprint density at radius 3 is 1.50 bits per heavy atom. The van der Waals surface area contributed by atoms with Crippen molar-refractivity contribution in [2.24, 2.45) is 17.2 Å². The minimum atomic E-state index is -0.711. The van der Waals surface area contributed by atoms with E-state index < -0.39 is 18.8 Å². The molecule has 0 unspecified atom stereocenters. The van der Waals surface area contributed by atoms with Crippen LogP contribution in [-0.2, 0) is 0 Å². The molecule has 0 aliphatic heterocycles. The first-order chi connectivity index (χ1) is 5.54. The molecule has 0 atom stereocenters. The molecule has 0 heterocycles. The second-order valence-corrected chi connectivity index (χ2v) is 1.44. The van der Waals surface area contributed by atoms with Crippen LogP contribution in [0.1, 0.15) is 0 Å². The van der Waals surface area contributed by atoms with Crippen molar-refractivity contribution < 1.29 is 20.2 Å². The molecular formula is C4H18N6O4. The predicted molar refractivity (Wildman–Crippen MR) is 50.2 cm³/mol. The van der Waals surface area contributed by atoms with E-state index in [1.54, 1.807) is 0 Å². The van der Waals surface area contributed by atoms with Crippen molar-refractivity contribution in [2.45, 2.75) is 0 Å².